The maximum atomic E-state index is 12.0. The average Bonchev–Trinajstić information content (AvgIpc) is 2.57. The van der Waals surface area contributed by atoms with E-state index in [2.05, 4.69) is 0 Å². The zero-order chi connectivity index (χ0) is 11.1. The summed E-state index contributed by atoms with van der Waals surface area (Å²) >= 11 is 1.45. The van der Waals surface area contributed by atoms with E-state index in [1.807, 2.05) is 0 Å². The van der Waals surface area contributed by atoms with Crippen molar-refractivity contribution in [1.82, 2.24) is 0 Å². The lowest BCUT2D eigenvalue weighted by atomic mass is 10.1. The van der Waals surface area contributed by atoms with Crippen LogP contribution < -0.4 is 0 Å². The number of hydrogen-bond donors (Lipinski definition) is 1. The minimum Gasteiger partial charge on any atom is -0.481 e. The fraction of sp³-hybridized carbons (Fsp3) is 0.889. The van der Waals surface area contributed by atoms with Gasteiger partial charge in [-0.1, -0.05) is 0 Å². The molecular weight excluding hydrogens is 236 g/mol. The molecule has 6 heteroatoms. The molecule has 2 atom stereocenters. The summed E-state index contributed by atoms with van der Waals surface area (Å²) < 4.78 is 23.2. The van der Waals surface area contributed by atoms with Crippen LogP contribution in [-0.4, -0.2) is 35.1 Å². The predicted molar refractivity (Wildman–Crippen MR) is 58.6 cm³/mol. The minimum atomic E-state index is -3.09. The number of sulfone groups is 1. The molecule has 86 valence electrons. The van der Waals surface area contributed by atoms with Gasteiger partial charge < -0.3 is 5.11 Å². The Morgan fingerprint density at radius 2 is 2.20 bits per heavy atom. The van der Waals surface area contributed by atoms with Crippen LogP contribution in [0.1, 0.15) is 25.7 Å². The topological polar surface area (TPSA) is 71.4 Å². The Morgan fingerprint density at radius 1 is 1.47 bits per heavy atom. The molecule has 1 heterocycles. The molecule has 1 saturated heterocycles. The van der Waals surface area contributed by atoms with Crippen LogP contribution in [0.15, 0.2) is 0 Å². The number of hydrogen-bond acceptors (Lipinski definition) is 4. The maximum Gasteiger partial charge on any atom is 0.306 e. The summed E-state index contributed by atoms with van der Waals surface area (Å²) in [4.78, 5) is 10.8. The molecule has 1 spiro atoms. The summed E-state index contributed by atoms with van der Waals surface area (Å²) in [5.74, 6) is -0.253. The Hall–Kier alpha value is -0.230. The van der Waals surface area contributed by atoms with Gasteiger partial charge in [0.2, 0.25) is 0 Å². The van der Waals surface area contributed by atoms with E-state index < -0.39 is 25.8 Å². The first-order chi connectivity index (χ1) is 6.97. The SMILES string of the molecule is O=C(O)[C@H]1CC[C@]2(C1)SCCCS2(=O)=O. The van der Waals surface area contributed by atoms with Crippen LogP contribution in [0, 0.1) is 5.92 Å². The van der Waals surface area contributed by atoms with Crippen molar-refractivity contribution < 1.29 is 18.3 Å². The molecule has 1 N–H and O–H groups in total. The van der Waals surface area contributed by atoms with Crippen LogP contribution in [-0.2, 0) is 14.6 Å². The first kappa shape index (κ1) is 11.3. The van der Waals surface area contributed by atoms with Gasteiger partial charge in [-0.05, 0) is 31.4 Å². The highest BCUT2D eigenvalue weighted by Crippen LogP contribution is 2.51. The van der Waals surface area contributed by atoms with Crippen LogP contribution in [0.5, 0.6) is 0 Å². The summed E-state index contributed by atoms with van der Waals surface area (Å²) in [5, 5.41) is 8.89. The molecule has 2 aliphatic rings. The van der Waals surface area contributed by atoms with Crippen molar-refractivity contribution in [2.75, 3.05) is 11.5 Å². The van der Waals surface area contributed by atoms with Crippen LogP contribution >= 0.6 is 11.8 Å². The third-order valence-electron chi connectivity index (χ3n) is 3.27. The van der Waals surface area contributed by atoms with Gasteiger partial charge in [-0.25, -0.2) is 8.42 Å². The second kappa shape index (κ2) is 3.66. The molecule has 0 bridgehead atoms. The van der Waals surface area contributed by atoms with Crippen LogP contribution in [0.4, 0.5) is 0 Å². The third kappa shape index (κ3) is 1.78. The van der Waals surface area contributed by atoms with E-state index in [0.29, 0.717) is 25.7 Å². The van der Waals surface area contributed by atoms with E-state index in [0.717, 1.165) is 5.75 Å². The molecule has 0 unspecified atom stereocenters. The molecule has 2 fully saturated rings. The highest BCUT2D eigenvalue weighted by atomic mass is 32.3. The highest BCUT2D eigenvalue weighted by molar-refractivity contribution is 8.15. The van der Waals surface area contributed by atoms with Gasteiger partial charge in [-0.2, -0.15) is 0 Å². The first-order valence-electron chi connectivity index (χ1n) is 5.06. The van der Waals surface area contributed by atoms with Crippen molar-refractivity contribution in [3.05, 3.63) is 0 Å². The first-order valence-corrected chi connectivity index (χ1v) is 7.70. The van der Waals surface area contributed by atoms with Crippen LogP contribution in [0.2, 0.25) is 0 Å². The second-order valence-corrected chi connectivity index (χ2v) is 8.37. The lowest BCUT2D eigenvalue weighted by molar-refractivity contribution is -0.141. The molecule has 0 radical (unpaired) electrons. The van der Waals surface area contributed by atoms with Crippen molar-refractivity contribution in [2.45, 2.75) is 29.8 Å². The minimum absolute atomic E-state index is 0.229. The Bertz CT molecular complexity index is 376. The van der Waals surface area contributed by atoms with Gasteiger partial charge in [0.05, 0.1) is 11.7 Å². The quantitative estimate of drug-likeness (QED) is 0.755. The summed E-state index contributed by atoms with van der Waals surface area (Å²) in [7, 11) is -3.09. The Kier molecular flexibility index (Phi) is 2.75. The molecular formula is C9H14O4S2. The number of thioether (sulfide) groups is 1. The number of carboxylic acid groups (broad SMARTS) is 1. The zero-order valence-electron chi connectivity index (χ0n) is 8.31. The van der Waals surface area contributed by atoms with Crippen molar-refractivity contribution in [1.29, 1.82) is 0 Å². The Balaban J connectivity index is 2.24. The molecule has 0 aromatic rings. The van der Waals surface area contributed by atoms with E-state index in [-0.39, 0.29) is 5.75 Å². The van der Waals surface area contributed by atoms with Crippen molar-refractivity contribution in [3.8, 4) is 0 Å². The second-order valence-electron chi connectivity index (χ2n) is 4.21. The summed E-state index contributed by atoms with van der Waals surface area (Å²) in [5.41, 5.74) is 0. The molecule has 0 amide bonds. The zero-order valence-corrected chi connectivity index (χ0v) is 9.94. The molecule has 1 saturated carbocycles. The molecule has 0 aromatic heterocycles. The van der Waals surface area contributed by atoms with E-state index in [4.69, 9.17) is 5.11 Å². The highest BCUT2D eigenvalue weighted by Gasteiger charge is 2.52. The van der Waals surface area contributed by atoms with Gasteiger partial charge in [0.1, 0.15) is 4.08 Å². The number of rotatable bonds is 1. The summed E-state index contributed by atoms with van der Waals surface area (Å²) in [6.45, 7) is 0. The monoisotopic (exact) mass is 250 g/mol. The van der Waals surface area contributed by atoms with Gasteiger partial charge in [0, 0.05) is 0 Å². The average molecular weight is 250 g/mol. The van der Waals surface area contributed by atoms with Crippen molar-refractivity contribution in [3.63, 3.8) is 0 Å². The standard InChI is InChI=1S/C9H14O4S2/c10-8(11)7-2-3-9(6-7)14-4-1-5-15(9,12)13/h7H,1-6H2,(H,10,11)/t7-,9-/m0/s1. The van der Waals surface area contributed by atoms with Crippen LogP contribution in [0.25, 0.3) is 0 Å². The van der Waals surface area contributed by atoms with E-state index in [1.54, 1.807) is 0 Å². The number of carbonyl (C=O) groups is 1. The van der Waals surface area contributed by atoms with Gasteiger partial charge in [0.15, 0.2) is 9.84 Å². The Labute approximate surface area is 93.4 Å². The van der Waals surface area contributed by atoms with E-state index in [1.165, 1.54) is 11.8 Å². The van der Waals surface area contributed by atoms with Crippen molar-refractivity contribution >= 4 is 27.6 Å². The van der Waals surface area contributed by atoms with E-state index in [9.17, 15) is 13.2 Å². The maximum absolute atomic E-state index is 12.0. The lowest BCUT2D eigenvalue weighted by Crippen LogP contribution is -2.38. The lowest BCUT2D eigenvalue weighted by Gasteiger charge is -2.32. The molecule has 2 rings (SSSR count). The normalized spacial score (nSPS) is 39.3. The fourth-order valence-corrected chi connectivity index (χ4v) is 6.80. The number of carboxylic acids is 1. The van der Waals surface area contributed by atoms with Crippen molar-refractivity contribution in [2.24, 2.45) is 5.92 Å². The van der Waals surface area contributed by atoms with Gasteiger partial charge >= 0.3 is 5.97 Å². The molecule has 1 aliphatic heterocycles. The smallest absolute Gasteiger partial charge is 0.306 e. The fourth-order valence-electron chi connectivity index (χ4n) is 2.38. The summed E-state index contributed by atoms with van der Waals surface area (Å²) in [6.07, 6.45) is 2.01. The molecule has 4 nitrogen and oxygen atoms in total. The van der Waals surface area contributed by atoms with Crippen LogP contribution in [0.3, 0.4) is 0 Å². The van der Waals surface area contributed by atoms with Gasteiger partial charge in [-0.3, -0.25) is 4.79 Å². The number of aliphatic carboxylic acids is 1. The largest absolute Gasteiger partial charge is 0.481 e. The van der Waals surface area contributed by atoms with Gasteiger partial charge in [0.25, 0.3) is 0 Å². The molecule has 15 heavy (non-hydrogen) atoms. The third-order valence-corrected chi connectivity index (χ3v) is 8.11. The van der Waals surface area contributed by atoms with E-state index >= 15 is 0 Å². The molecule has 0 aromatic carbocycles. The Morgan fingerprint density at radius 3 is 2.73 bits per heavy atom. The summed E-state index contributed by atoms with van der Waals surface area (Å²) in [6, 6.07) is 0. The molecule has 1 aliphatic carbocycles. The van der Waals surface area contributed by atoms with Gasteiger partial charge in [-0.15, -0.1) is 11.8 Å². The predicted octanol–water partition coefficient (Wildman–Crippen LogP) is 1.12.